The molecule has 2 heteroatoms. The van der Waals surface area contributed by atoms with Crippen LogP contribution in [0.2, 0.25) is 0 Å². The molecule has 0 spiro atoms. The Balaban J connectivity index is 2.14. The average molecular weight is 151 g/mol. The molecule has 2 aliphatic rings. The highest BCUT2D eigenvalue weighted by molar-refractivity contribution is 5.84. The molecule has 2 nitrogen and oxygen atoms in total. The molecule has 2 aliphatic carbocycles. The zero-order chi connectivity index (χ0) is 7.84. The topological polar surface area (TPSA) is 32.6 Å². The van der Waals surface area contributed by atoms with E-state index in [1.54, 1.807) is 0 Å². The number of hydrogen-bond donors (Lipinski definition) is 1. The highest BCUT2D eigenvalue weighted by Crippen LogP contribution is 2.43. The van der Waals surface area contributed by atoms with Gasteiger partial charge >= 0.3 is 0 Å². The van der Waals surface area contributed by atoms with Gasteiger partial charge in [-0.05, 0) is 31.6 Å². The van der Waals surface area contributed by atoms with Crippen LogP contribution < -0.4 is 0 Å². The van der Waals surface area contributed by atoms with E-state index in [9.17, 15) is 0 Å². The Labute approximate surface area is 66.6 Å². The van der Waals surface area contributed by atoms with Crippen molar-refractivity contribution in [1.29, 1.82) is 0 Å². The molecule has 0 amide bonds. The maximum absolute atomic E-state index is 8.59. The molecule has 3 atom stereocenters. The molecule has 1 fully saturated rings. The Morgan fingerprint density at radius 1 is 1.45 bits per heavy atom. The van der Waals surface area contributed by atoms with Crippen LogP contribution in [0, 0.1) is 17.8 Å². The Morgan fingerprint density at radius 3 is 2.73 bits per heavy atom. The van der Waals surface area contributed by atoms with Gasteiger partial charge in [0.05, 0.1) is 5.71 Å². The van der Waals surface area contributed by atoms with E-state index >= 15 is 0 Å². The molecule has 0 saturated heterocycles. The summed E-state index contributed by atoms with van der Waals surface area (Å²) in [6.07, 6.45) is 7.04. The summed E-state index contributed by atoms with van der Waals surface area (Å²) in [5, 5.41) is 11.9. The number of oxime groups is 1. The maximum Gasteiger partial charge on any atom is 0.0576 e. The van der Waals surface area contributed by atoms with Crippen molar-refractivity contribution in [3.63, 3.8) is 0 Å². The van der Waals surface area contributed by atoms with E-state index in [-0.39, 0.29) is 0 Å². The van der Waals surface area contributed by atoms with Crippen molar-refractivity contribution in [3.05, 3.63) is 12.2 Å². The summed E-state index contributed by atoms with van der Waals surface area (Å²) in [6, 6.07) is 0. The second-order valence-electron chi connectivity index (χ2n) is 3.63. The summed E-state index contributed by atoms with van der Waals surface area (Å²) in [7, 11) is 0. The molecule has 1 saturated carbocycles. The van der Waals surface area contributed by atoms with Gasteiger partial charge in [0.2, 0.25) is 0 Å². The number of allylic oxidation sites excluding steroid dienone is 2. The van der Waals surface area contributed by atoms with Gasteiger partial charge in [0.25, 0.3) is 0 Å². The van der Waals surface area contributed by atoms with Crippen LogP contribution >= 0.6 is 0 Å². The monoisotopic (exact) mass is 151 g/mol. The largest absolute Gasteiger partial charge is 0.411 e. The highest BCUT2D eigenvalue weighted by Gasteiger charge is 2.37. The highest BCUT2D eigenvalue weighted by atomic mass is 16.4. The van der Waals surface area contributed by atoms with Crippen molar-refractivity contribution in [3.8, 4) is 0 Å². The molecule has 0 aliphatic heterocycles. The molecule has 0 aromatic heterocycles. The van der Waals surface area contributed by atoms with Crippen LogP contribution in [0.25, 0.3) is 0 Å². The average Bonchev–Trinajstić information content (AvgIpc) is 2.62. The zero-order valence-electron chi connectivity index (χ0n) is 6.70. The van der Waals surface area contributed by atoms with E-state index < -0.39 is 0 Å². The second-order valence-corrected chi connectivity index (χ2v) is 3.63. The van der Waals surface area contributed by atoms with Gasteiger partial charge in [-0.3, -0.25) is 0 Å². The summed E-state index contributed by atoms with van der Waals surface area (Å²) in [5.74, 6) is 1.95. The molecular formula is C9H13NO. The summed E-state index contributed by atoms with van der Waals surface area (Å²) >= 11 is 0. The molecule has 0 radical (unpaired) electrons. The van der Waals surface area contributed by atoms with Gasteiger partial charge in [0, 0.05) is 5.92 Å². The molecule has 11 heavy (non-hydrogen) atoms. The van der Waals surface area contributed by atoms with Gasteiger partial charge < -0.3 is 5.21 Å². The zero-order valence-corrected chi connectivity index (χ0v) is 6.70. The van der Waals surface area contributed by atoms with Gasteiger partial charge in [-0.15, -0.1) is 0 Å². The van der Waals surface area contributed by atoms with Crippen molar-refractivity contribution in [2.45, 2.75) is 19.8 Å². The Bertz CT molecular complexity index is 220. The first-order valence-corrected chi connectivity index (χ1v) is 4.18. The van der Waals surface area contributed by atoms with Gasteiger partial charge in [0.1, 0.15) is 0 Å². The first kappa shape index (κ1) is 6.89. The van der Waals surface area contributed by atoms with E-state index in [2.05, 4.69) is 17.3 Å². The van der Waals surface area contributed by atoms with Crippen molar-refractivity contribution in [1.82, 2.24) is 0 Å². The molecule has 60 valence electrons. The minimum Gasteiger partial charge on any atom is -0.411 e. The molecule has 0 aromatic rings. The lowest BCUT2D eigenvalue weighted by Gasteiger charge is -2.15. The number of hydrogen-bond acceptors (Lipinski definition) is 2. The van der Waals surface area contributed by atoms with Crippen LogP contribution in [0.4, 0.5) is 0 Å². The molecular weight excluding hydrogens is 138 g/mol. The SMILES string of the molecule is CC(=NO)C1CC2C=CC1C2. The van der Waals surface area contributed by atoms with E-state index in [4.69, 9.17) is 5.21 Å². The Kier molecular flexibility index (Phi) is 1.48. The number of rotatable bonds is 1. The van der Waals surface area contributed by atoms with Crippen molar-refractivity contribution in [2.24, 2.45) is 22.9 Å². The third-order valence-electron chi connectivity index (χ3n) is 2.97. The Morgan fingerprint density at radius 2 is 2.27 bits per heavy atom. The summed E-state index contributed by atoms with van der Waals surface area (Å²) in [5.41, 5.74) is 0.904. The van der Waals surface area contributed by atoms with Gasteiger partial charge in [-0.2, -0.15) is 0 Å². The fourth-order valence-corrected chi connectivity index (χ4v) is 2.34. The summed E-state index contributed by atoms with van der Waals surface area (Å²) in [4.78, 5) is 0. The minimum absolute atomic E-state index is 0.523. The summed E-state index contributed by atoms with van der Waals surface area (Å²) < 4.78 is 0. The predicted molar refractivity (Wildman–Crippen MR) is 43.7 cm³/mol. The Hall–Kier alpha value is -0.790. The van der Waals surface area contributed by atoms with Gasteiger partial charge in [-0.25, -0.2) is 0 Å². The van der Waals surface area contributed by atoms with E-state index in [0.717, 1.165) is 11.6 Å². The van der Waals surface area contributed by atoms with E-state index in [1.807, 2.05) is 6.92 Å². The molecule has 0 aromatic carbocycles. The first-order valence-electron chi connectivity index (χ1n) is 4.18. The van der Waals surface area contributed by atoms with Crippen LogP contribution in [-0.4, -0.2) is 10.9 Å². The third-order valence-corrected chi connectivity index (χ3v) is 2.97. The standard InChI is InChI=1S/C9H13NO/c1-6(10-11)9-5-7-2-3-8(9)4-7/h2-3,7-9,11H,4-5H2,1H3. The third kappa shape index (κ3) is 0.971. The van der Waals surface area contributed by atoms with Crippen LogP contribution in [-0.2, 0) is 0 Å². The normalized spacial score (nSPS) is 41.9. The second kappa shape index (κ2) is 2.36. The van der Waals surface area contributed by atoms with Crippen LogP contribution in [0.5, 0.6) is 0 Å². The van der Waals surface area contributed by atoms with E-state index in [1.165, 1.54) is 12.8 Å². The fourth-order valence-electron chi connectivity index (χ4n) is 2.34. The lowest BCUT2D eigenvalue weighted by atomic mass is 9.90. The van der Waals surface area contributed by atoms with E-state index in [0.29, 0.717) is 11.8 Å². The van der Waals surface area contributed by atoms with Gasteiger partial charge in [0.15, 0.2) is 0 Å². The minimum atomic E-state index is 0.523. The molecule has 2 bridgehead atoms. The molecule has 2 rings (SSSR count). The predicted octanol–water partition coefficient (Wildman–Crippen LogP) is 2.05. The first-order chi connectivity index (χ1) is 5.31. The molecule has 3 unspecified atom stereocenters. The smallest absolute Gasteiger partial charge is 0.0576 e. The van der Waals surface area contributed by atoms with Crippen molar-refractivity contribution in [2.75, 3.05) is 0 Å². The number of nitrogens with zero attached hydrogens (tertiary/aromatic N) is 1. The lowest BCUT2D eigenvalue weighted by molar-refractivity contribution is 0.312. The quantitative estimate of drug-likeness (QED) is 0.264. The lowest BCUT2D eigenvalue weighted by Crippen LogP contribution is -2.15. The number of fused-ring (bicyclic) bond motifs is 2. The van der Waals surface area contributed by atoms with Crippen LogP contribution in [0.15, 0.2) is 17.3 Å². The van der Waals surface area contributed by atoms with Crippen molar-refractivity contribution >= 4 is 5.71 Å². The fraction of sp³-hybridized carbons (Fsp3) is 0.667. The van der Waals surface area contributed by atoms with Gasteiger partial charge in [-0.1, -0.05) is 17.3 Å². The van der Waals surface area contributed by atoms with Crippen LogP contribution in [0.3, 0.4) is 0 Å². The van der Waals surface area contributed by atoms with Crippen molar-refractivity contribution < 1.29 is 5.21 Å². The maximum atomic E-state index is 8.59. The summed E-state index contributed by atoms with van der Waals surface area (Å²) in [6.45, 7) is 1.92. The molecule has 1 N–H and O–H groups in total. The molecule has 0 heterocycles. The van der Waals surface area contributed by atoms with Crippen LogP contribution in [0.1, 0.15) is 19.8 Å².